The zero-order chi connectivity index (χ0) is 37.1. The van der Waals surface area contributed by atoms with E-state index >= 15 is 0 Å². The maximum absolute atomic E-state index is 11.8. The van der Waals surface area contributed by atoms with Crippen LogP contribution >= 0.6 is 23.2 Å². The fourth-order valence-electron chi connectivity index (χ4n) is 7.89. The highest BCUT2D eigenvalue weighted by Gasteiger charge is 2.27. The van der Waals surface area contributed by atoms with E-state index in [1.165, 1.54) is 11.1 Å². The number of likely N-dealkylation sites (tertiary alicyclic amines) is 1. The van der Waals surface area contributed by atoms with Crippen LogP contribution in [0.3, 0.4) is 0 Å². The van der Waals surface area contributed by atoms with Gasteiger partial charge in [0.25, 0.3) is 0 Å². The molecular weight excluding hydrogens is 711 g/mol. The summed E-state index contributed by atoms with van der Waals surface area (Å²) in [5.74, 6) is 2.21. The van der Waals surface area contributed by atoms with Crippen LogP contribution in [0.4, 0.5) is 0 Å². The summed E-state index contributed by atoms with van der Waals surface area (Å²) in [6, 6.07) is 16.1. The molecule has 53 heavy (non-hydrogen) atoms. The average Bonchev–Trinajstić information content (AvgIpc) is 3.59. The van der Waals surface area contributed by atoms with E-state index in [2.05, 4.69) is 21.6 Å². The predicted octanol–water partition coefficient (Wildman–Crippen LogP) is 6.79. The Morgan fingerprint density at radius 2 is 1.75 bits per heavy atom. The number of benzene rings is 2. The van der Waals surface area contributed by atoms with Crippen molar-refractivity contribution >= 4 is 35.0 Å². The molecule has 2 aromatic carbocycles. The van der Waals surface area contributed by atoms with Crippen molar-refractivity contribution < 1.29 is 19.1 Å². The summed E-state index contributed by atoms with van der Waals surface area (Å²) in [7, 11) is 3.33. The van der Waals surface area contributed by atoms with E-state index in [1.807, 2.05) is 47.4 Å². The van der Waals surface area contributed by atoms with Gasteiger partial charge >= 0.3 is 0 Å². The number of carbonyl (C=O) groups excluding carboxylic acids is 2. The maximum Gasteiger partial charge on any atom is 0.220 e. The summed E-state index contributed by atoms with van der Waals surface area (Å²) in [4.78, 5) is 37.4. The Labute approximate surface area is 321 Å². The van der Waals surface area contributed by atoms with Crippen molar-refractivity contribution in [2.75, 3.05) is 46.9 Å². The number of aromatic nitrogens is 2. The Balaban J connectivity index is 1.09. The zero-order valence-electron chi connectivity index (χ0n) is 30.5. The van der Waals surface area contributed by atoms with Gasteiger partial charge in [0.1, 0.15) is 5.75 Å². The number of methoxy groups -OCH3 is 2. The van der Waals surface area contributed by atoms with Gasteiger partial charge < -0.3 is 25.0 Å². The van der Waals surface area contributed by atoms with Crippen LogP contribution in [0.2, 0.25) is 10.0 Å². The molecule has 278 valence electrons. The molecule has 0 bridgehead atoms. The number of pyridine rings is 2. The molecule has 2 amide bonds. The minimum atomic E-state index is 0.103. The van der Waals surface area contributed by atoms with Crippen LogP contribution in [0.1, 0.15) is 49.3 Å². The van der Waals surface area contributed by atoms with Crippen LogP contribution in [0, 0.1) is 5.92 Å². The van der Waals surface area contributed by atoms with Gasteiger partial charge in [0.05, 0.1) is 35.7 Å². The summed E-state index contributed by atoms with van der Waals surface area (Å²) >= 11 is 14.3. The first-order valence-electron chi connectivity index (χ1n) is 18.4. The van der Waals surface area contributed by atoms with Crippen LogP contribution in [0.5, 0.6) is 11.6 Å². The molecule has 0 saturated carbocycles. The number of ether oxygens (including phenoxy) is 2. The molecule has 1 unspecified atom stereocenters. The first kappa shape index (κ1) is 37.1. The van der Waals surface area contributed by atoms with Crippen LogP contribution in [0.15, 0.2) is 54.7 Å². The Morgan fingerprint density at radius 1 is 0.962 bits per heavy atom. The van der Waals surface area contributed by atoms with Gasteiger partial charge in [-0.1, -0.05) is 47.5 Å². The molecule has 0 spiro atoms. The van der Waals surface area contributed by atoms with E-state index < -0.39 is 0 Å². The molecule has 0 aliphatic carbocycles. The van der Waals surface area contributed by atoms with E-state index in [1.54, 1.807) is 27.3 Å². The molecule has 2 aromatic heterocycles. The summed E-state index contributed by atoms with van der Waals surface area (Å²) in [5, 5.41) is 7.43. The number of halogens is 2. The quantitative estimate of drug-likeness (QED) is 0.172. The normalized spacial score (nSPS) is 17.8. The molecule has 2 fully saturated rings. The number of hydrogen-bond donors (Lipinski definition) is 2. The number of piperidine rings is 1. The standard InChI is InChI=1S/C41H46Cl2N6O4/c1-25(50)49-17-12-26(13-18-49)23-48-16-14-27-19-29(20-36(52-2)34(27)24-48)40-39(43)32(11-15-45-40)31-5-4-6-33(38(31)42)35-9-7-28(41(47-35)53-3)21-44-22-30-8-10-37(51)46-30/h4-7,9,11,15,19-20,26,30,44H,8,10,12-14,16-18,21-24H2,1-3H3,(H,46,51). The second-order valence-corrected chi connectivity index (χ2v) is 15.0. The minimum Gasteiger partial charge on any atom is -0.496 e. The van der Waals surface area contributed by atoms with Gasteiger partial charge in [-0.3, -0.25) is 19.5 Å². The zero-order valence-corrected chi connectivity index (χ0v) is 32.0. The van der Waals surface area contributed by atoms with Crippen molar-refractivity contribution in [3.8, 4) is 45.3 Å². The second kappa shape index (κ2) is 16.4. The average molecular weight is 758 g/mol. The van der Waals surface area contributed by atoms with E-state index in [4.69, 9.17) is 42.6 Å². The van der Waals surface area contributed by atoms with Crippen molar-refractivity contribution in [3.05, 3.63) is 81.5 Å². The number of fused-ring (bicyclic) bond motifs is 1. The van der Waals surface area contributed by atoms with Crippen molar-refractivity contribution in [1.82, 2.24) is 30.4 Å². The van der Waals surface area contributed by atoms with Crippen LogP contribution in [0.25, 0.3) is 33.6 Å². The van der Waals surface area contributed by atoms with Crippen LogP contribution < -0.4 is 20.1 Å². The van der Waals surface area contributed by atoms with Crippen molar-refractivity contribution in [2.45, 2.75) is 58.2 Å². The van der Waals surface area contributed by atoms with Gasteiger partial charge in [-0.05, 0) is 61.4 Å². The molecule has 0 radical (unpaired) electrons. The van der Waals surface area contributed by atoms with E-state index in [0.717, 1.165) is 92.0 Å². The van der Waals surface area contributed by atoms with E-state index in [-0.39, 0.29) is 17.9 Å². The monoisotopic (exact) mass is 756 g/mol. The number of hydrogen-bond acceptors (Lipinski definition) is 8. The molecule has 7 rings (SSSR count). The third-order valence-corrected chi connectivity index (χ3v) is 11.6. The molecule has 2 N–H and O–H groups in total. The van der Waals surface area contributed by atoms with Gasteiger partial charge in [-0.25, -0.2) is 4.98 Å². The van der Waals surface area contributed by atoms with E-state index in [9.17, 15) is 9.59 Å². The molecule has 3 aliphatic heterocycles. The third-order valence-electron chi connectivity index (χ3n) is 10.8. The van der Waals surface area contributed by atoms with Crippen LogP contribution in [-0.2, 0) is 29.1 Å². The molecular formula is C41H46Cl2N6O4. The lowest BCUT2D eigenvalue weighted by molar-refractivity contribution is -0.130. The number of rotatable bonds is 11. The van der Waals surface area contributed by atoms with Gasteiger partial charge in [-0.2, -0.15) is 0 Å². The summed E-state index contributed by atoms with van der Waals surface area (Å²) in [5.41, 5.74) is 7.92. The first-order valence-corrected chi connectivity index (χ1v) is 19.1. The number of carbonyl (C=O) groups is 2. The Bertz CT molecular complexity index is 1980. The summed E-state index contributed by atoms with van der Waals surface area (Å²) in [6.45, 7) is 7.41. The number of amides is 2. The minimum absolute atomic E-state index is 0.103. The molecule has 2 saturated heterocycles. The molecule has 10 nitrogen and oxygen atoms in total. The Kier molecular flexibility index (Phi) is 11.5. The lowest BCUT2D eigenvalue weighted by atomic mass is 9.91. The Morgan fingerprint density at radius 3 is 2.49 bits per heavy atom. The predicted molar refractivity (Wildman–Crippen MR) is 208 cm³/mol. The molecule has 5 heterocycles. The van der Waals surface area contributed by atoms with Gasteiger partial charge in [0.2, 0.25) is 17.7 Å². The fourth-order valence-corrected chi connectivity index (χ4v) is 8.54. The largest absolute Gasteiger partial charge is 0.496 e. The van der Waals surface area contributed by atoms with Gasteiger partial charge in [-0.15, -0.1) is 0 Å². The summed E-state index contributed by atoms with van der Waals surface area (Å²) < 4.78 is 11.6. The third kappa shape index (κ3) is 8.16. The fraction of sp³-hybridized carbons (Fsp3) is 0.415. The highest BCUT2D eigenvalue weighted by Crippen LogP contribution is 2.43. The van der Waals surface area contributed by atoms with Crippen molar-refractivity contribution in [1.29, 1.82) is 0 Å². The topological polar surface area (TPSA) is 109 Å². The summed E-state index contributed by atoms with van der Waals surface area (Å²) in [6.07, 6.45) is 6.18. The number of nitrogens with one attached hydrogen (secondary N) is 2. The molecule has 12 heteroatoms. The lowest BCUT2D eigenvalue weighted by Gasteiger charge is -2.36. The first-order chi connectivity index (χ1) is 25.7. The molecule has 1 atom stereocenters. The second-order valence-electron chi connectivity index (χ2n) is 14.2. The van der Waals surface area contributed by atoms with Crippen LogP contribution in [-0.4, -0.2) is 84.6 Å². The van der Waals surface area contributed by atoms with Gasteiger partial charge in [0, 0.05) is 105 Å². The number of nitrogens with zero attached hydrogens (tertiary/aromatic N) is 4. The Hall–Kier alpha value is -4.22. The highest BCUT2D eigenvalue weighted by atomic mass is 35.5. The van der Waals surface area contributed by atoms with Crippen molar-refractivity contribution in [3.63, 3.8) is 0 Å². The SMILES string of the molecule is COc1cc(-c2nccc(-c3cccc(-c4ccc(CNCC5CCC(=O)N5)c(OC)n4)c3Cl)c2Cl)cc2c1CN(CC1CCN(C(C)=O)CC1)CC2. The lowest BCUT2D eigenvalue weighted by Crippen LogP contribution is -2.41. The molecule has 3 aliphatic rings. The maximum atomic E-state index is 11.8. The van der Waals surface area contributed by atoms with Crippen molar-refractivity contribution in [2.24, 2.45) is 5.92 Å². The molecule has 4 aromatic rings. The van der Waals surface area contributed by atoms with Gasteiger partial charge in [0.15, 0.2) is 0 Å². The highest BCUT2D eigenvalue weighted by molar-refractivity contribution is 6.39. The van der Waals surface area contributed by atoms with E-state index in [0.29, 0.717) is 52.7 Å². The smallest absolute Gasteiger partial charge is 0.220 e.